The maximum Gasteiger partial charge on any atom is 0.100 e. The van der Waals surface area contributed by atoms with Crippen LogP contribution in [0.4, 0.5) is 0 Å². The fourth-order valence-corrected chi connectivity index (χ4v) is 2.08. The molecule has 0 aliphatic rings. The summed E-state index contributed by atoms with van der Waals surface area (Å²) in [6, 6.07) is 4.00. The van der Waals surface area contributed by atoms with Crippen molar-refractivity contribution in [1.82, 2.24) is 4.57 Å². The van der Waals surface area contributed by atoms with Crippen molar-refractivity contribution in [2.24, 2.45) is 0 Å². The summed E-state index contributed by atoms with van der Waals surface area (Å²) in [6.07, 6.45) is 2.63. The molecule has 11 heavy (non-hydrogen) atoms. The topological polar surface area (TPSA) is 22.0 Å². The highest BCUT2D eigenvalue weighted by Gasteiger charge is 2.07. The second kappa shape index (κ2) is 2.86. The van der Waals surface area contributed by atoms with Crippen molar-refractivity contribution in [3.63, 3.8) is 0 Å². The van der Waals surface area contributed by atoms with E-state index in [0.717, 1.165) is 0 Å². The van der Waals surface area contributed by atoms with Gasteiger partial charge in [-0.1, -0.05) is 0 Å². The minimum atomic E-state index is -1.92. The Morgan fingerprint density at radius 1 is 1.55 bits per heavy atom. The zero-order valence-electron chi connectivity index (χ0n) is 7.24. The Morgan fingerprint density at radius 3 is 2.55 bits per heavy atom. The largest absolute Gasteiger partial charge is 0.344 e. The van der Waals surface area contributed by atoms with Crippen molar-refractivity contribution in [3.05, 3.63) is 24.0 Å². The summed E-state index contributed by atoms with van der Waals surface area (Å²) in [7, 11) is -1.92. The van der Waals surface area contributed by atoms with Gasteiger partial charge in [0.25, 0.3) is 0 Å². The maximum atomic E-state index is 11.4. The minimum Gasteiger partial charge on any atom is -0.344 e. The highest BCUT2D eigenvalue weighted by Crippen LogP contribution is 2.38. The van der Waals surface area contributed by atoms with E-state index in [4.69, 9.17) is 0 Å². The smallest absolute Gasteiger partial charge is 0.100 e. The van der Waals surface area contributed by atoms with Crippen LogP contribution in [-0.4, -0.2) is 17.9 Å². The summed E-state index contributed by atoms with van der Waals surface area (Å²) >= 11 is 0. The molecule has 0 saturated heterocycles. The molecule has 0 aliphatic heterocycles. The molecular formula is C8H14NOP. The predicted octanol–water partition coefficient (Wildman–Crippen LogP) is 2.38. The van der Waals surface area contributed by atoms with Gasteiger partial charge in [0.2, 0.25) is 0 Å². The Kier molecular flexibility index (Phi) is 2.24. The van der Waals surface area contributed by atoms with Crippen LogP contribution in [0.5, 0.6) is 0 Å². The van der Waals surface area contributed by atoms with E-state index in [1.165, 1.54) is 5.69 Å². The van der Waals surface area contributed by atoms with Gasteiger partial charge in [0.1, 0.15) is 7.14 Å². The molecule has 0 aliphatic carbocycles. The molecule has 0 unspecified atom stereocenters. The van der Waals surface area contributed by atoms with Crippen molar-refractivity contribution in [2.75, 3.05) is 13.3 Å². The summed E-state index contributed by atoms with van der Waals surface area (Å²) in [4.78, 5) is 0. The van der Waals surface area contributed by atoms with Crippen LogP contribution in [0.2, 0.25) is 0 Å². The molecule has 0 spiro atoms. The highest BCUT2D eigenvalue weighted by atomic mass is 31.2. The summed E-state index contributed by atoms with van der Waals surface area (Å²) in [6.45, 7) is 5.65. The molecule has 0 saturated carbocycles. The second-order valence-electron chi connectivity index (χ2n) is 3.33. The Labute approximate surface area is 67.6 Å². The highest BCUT2D eigenvalue weighted by molar-refractivity contribution is 7.61. The van der Waals surface area contributed by atoms with Crippen molar-refractivity contribution in [3.8, 4) is 0 Å². The Hall–Kier alpha value is -0.490. The summed E-state index contributed by atoms with van der Waals surface area (Å²) in [5.41, 5.74) is 1.17. The predicted molar refractivity (Wildman–Crippen MR) is 48.6 cm³/mol. The van der Waals surface area contributed by atoms with Gasteiger partial charge < -0.3 is 9.13 Å². The van der Waals surface area contributed by atoms with Crippen LogP contribution < -0.4 is 0 Å². The van der Waals surface area contributed by atoms with Crippen molar-refractivity contribution in [2.45, 2.75) is 13.2 Å². The average molecular weight is 171 g/mol. The number of nitrogens with zero attached hydrogens (tertiary/aromatic N) is 1. The van der Waals surface area contributed by atoms with Gasteiger partial charge >= 0.3 is 0 Å². The molecule has 0 radical (unpaired) electrons. The van der Waals surface area contributed by atoms with E-state index in [1.807, 2.05) is 43.2 Å². The van der Waals surface area contributed by atoms with Crippen LogP contribution in [0, 0.1) is 6.92 Å². The molecule has 1 rings (SSSR count). The molecule has 62 valence electrons. The lowest BCUT2D eigenvalue weighted by Gasteiger charge is -2.09. The lowest BCUT2D eigenvalue weighted by molar-refractivity contribution is 0.574. The first-order valence-corrected chi connectivity index (χ1v) is 6.43. The molecule has 0 bridgehead atoms. The van der Waals surface area contributed by atoms with Gasteiger partial charge in [-0.2, -0.15) is 0 Å². The van der Waals surface area contributed by atoms with E-state index in [-0.39, 0.29) is 0 Å². The van der Waals surface area contributed by atoms with Crippen LogP contribution >= 0.6 is 7.14 Å². The van der Waals surface area contributed by atoms with E-state index in [1.54, 1.807) is 0 Å². The summed E-state index contributed by atoms with van der Waals surface area (Å²) < 4.78 is 13.4. The normalized spacial score (nSPS) is 11.9. The molecule has 0 fully saturated rings. The molecule has 0 atom stereocenters. The molecule has 3 heteroatoms. The molecule has 1 heterocycles. The zero-order chi connectivity index (χ0) is 8.48. The molecular weight excluding hydrogens is 157 g/mol. The fraction of sp³-hybridized carbons (Fsp3) is 0.500. The van der Waals surface area contributed by atoms with Crippen molar-refractivity contribution in [1.29, 1.82) is 0 Å². The first-order chi connectivity index (χ1) is 4.99. The molecule has 0 aromatic carbocycles. The summed E-state index contributed by atoms with van der Waals surface area (Å²) in [5.74, 6) is 0. The van der Waals surface area contributed by atoms with E-state index >= 15 is 0 Å². The van der Waals surface area contributed by atoms with E-state index in [9.17, 15) is 4.57 Å². The van der Waals surface area contributed by atoms with Crippen LogP contribution in [-0.2, 0) is 10.9 Å². The second-order valence-corrected chi connectivity index (χ2v) is 6.77. The number of hydrogen-bond donors (Lipinski definition) is 0. The van der Waals surface area contributed by atoms with Gasteiger partial charge in [-0.15, -0.1) is 0 Å². The van der Waals surface area contributed by atoms with Crippen LogP contribution in [0.1, 0.15) is 5.69 Å². The van der Waals surface area contributed by atoms with Gasteiger partial charge in [-0.25, -0.2) is 0 Å². The van der Waals surface area contributed by atoms with Crippen LogP contribution in [0.3, 0.4) is 0 Å². The van der Waals surface area contributed by atoms with E-state index in [0.29, 0.717) is 6.29 Å². The molecule has 2 nitrogen and oxygen atoms in total. The molecule has 0 amide bonds. The average Bonchev–Trinajstić information content (AvgIpc) is 2.12. The lowest BCUT2D eigenvalue weighted by Crippen LogP contribution is -1.97. The van der Waals surface area contributed by atoms with Crippen LogP contribution in [0.15, 0.2) is 18.3 Å². The molecule has 1 aromatic rings. The third kappa shape index (κ3) is 2.55. The third-order valence-electron chi connectivity index (χ3n) is 1.55. The Balaban J connectivity index is 2.80. The molecule has 0 N–H and O–H groups in total. The lowest BCUT2D eigenvalue weighted by atomic mass is 10.5. The van der Waals surface area contributed by atoms with Crippen molar-refractivity contribution >= 4 is 7.14 Å². The number of rotatable bonds is 2. The Morgan fingerprint density at radius 2 is 2.18 bits per heavy atom. The van der Waals surface area contributed by atoms with Crippen molar-refractivity contribution < 1.29 is 4.57 Å². The van der Waals surface area contributed by atoms with Gasteiger partial charge in [0.15, 0.2) is 0 Å². The standard InChI is InChI=1S/C8H14NOP/c1-8-5-4-6-9(8)7-11(2,3)10/h4-6H,7H2,1-3H3. The number of aryl methyl sites for hydroxylation is 1. The molecule has 1 aromatic heterocycles. The minimum absolute atomic E-state index is 0.659. The Bertz CT molecular complexity index is 284. The zero-order valence-corrected chi connectivity index (χ0v) is 8.14. The first-order valence-electron chi connectivity index (χ1n) is 3.65. The van der Waals surface area contributed by atoms with Gasteiger partial charge in [-0.05, 0) is 32.4 Å². The third-order valence-corrected chi connectivity index (χ3v) is 2.54. The first kappa shape index (κ1) is 8.61. The number of aromatic nitrogens is 1. The van der Waals surface area contributed by atoms with E-state index in [2.05, 4.69) is 0 Å². The van der Waals surface area contributed by atoms with E-state index < -0.39 is 7.14 Å². The van der Waals surface area contributed by atoms with Gasteiger partial charge in [-0.3, -0.25) is 0 Å². The SMILES string of the molecule is Cc1cccn1CP(C)(C)=O. The monoisotopic (exact) mass is 171 g/mol. The van der Waals surface area contributed by atoms with Gasteiger partial charge in [0.05, 0.1) is 6.29 Å². The quantitative estimate of drug-likeness (QED) is 0.626. The maximum absolute atomic E-state index is 11.4. The van der Waals surface area contributed by atoms with Gasteiger partial charge in [0, 0.05) is 11.9 Å². The fourth-order valence-electron chi connectivity index (χ4n) is 1.03. The number of hydrogen-bond acceptors (Lipinski definition) is 1. The summed E-state index contributed by atoms with van der Waals surface area (Å²) in [5, 5.41) is 0. The van der Waals surface area contributed by atoms with Crippen LogP contribution in [0.25, 0.3) is 0 Å².